The van der Waals surface area contributed by atoms with E-state index in [0.717, 1.165) is 23.5 Å². The van der Waals surface area contributed by atoms with Crippen LogP contribution in [0.1, 0.15) is 34.8 Å². The third-order valence-electron chi connectivity index (χ3n) is 4.07. The molecule has 1 amide bonds. The smallest absolute Gasteiger partial charge is 0.267 e. The van der Waals surface area contributed by atoms with E-state index in [4.69, 9.17) is 4.74 Å². The van der Waals surface area contributed by atoms with Crippen LogP contribution in [-0.2, 0) is 6.42 Å². The van der Waals surface area contributed by atoms with Crippen molar-refractivity contribution in [3.05, 3.63) is 64.7 Å². The van der Waals surface area contributed by atoms with Gasteiger partial charge in [0.15, 0.2) is 5.13 Å². The Hall–Kier alpha value is -2.86. The molecule has 0 atom stereocenters. The number of hydrogen-bond donors (Lipinski definition) is 2. The van der Waals surface area contributed by atoms with Crippen LogP contribution in [0.5, 0.6) is 5.75 Å². The average molecular weight is 382 g/mol. The number of rotatable bonds is 7. The van der Waals surface area contributed by atoms with E-state index in [1.165, 1.54) is 16.9 Å². The third-order valence-corrected chi connectivity index (χ3v) is 5.14. The summed E-state index contributed by atoms with van der Waals surface area (Å²) < 4.78 is 5.42. The fourth-order valence-electron chi connectivity index (χ4n) is 2.72. The van der Waals surface area contributed by atoms with E-state index in [-0.39, 0.29) is 5.91 Å². The van der Waals surface area contributed by atoms with Crippen LogP contribution in [0.2, 0.25) is 0 Å². The van der Waals surface area contributed by atoms with E-state index in [1.807, 2.05) is 56.3 Å². The molecule has 0 bridgehead atoms. The van der Waals surface area contributed by atoms with Gasteiger partial charge in [-0.2, -0.15) is 0 Å². The third kappa shape index (κ3) is 4.65. The lowest BCUT2D eigenvalue weighted by atomic mass is 10.1. The van der Waals surface area contributed by atoms with Gasteiger partial charge in [0.2, 0.25) is 0 Å². The van der Waals surface area contributed by atoms with Crippen LogP contribution >= 0.6 is 11.3 Å². The minimum Gasteiger partial charge on any atom is -0.494 e. The van der Waals surface area contributed by atoms with Crippen LogP contribution in [0.15, 0.2) is 48.5 Å². The van der Waals surface area contributed by atoms with Gasteiger partial charge in [0.1, 0.15) is 10.6 Å². The second-order valence-electron chi connectivity index (χ2n) is 5.98. The molecule has 27 heavy (non-hydrogen) atoms. The fraction of sp³-hybridized carbons (Fsp3) is 0.238. The summed E-state index contributed by atoms with van der Waals surface area (Å²) in [6.07, 6.45) is 0.929. The van der Waals surface area contributed by atoms with Crippen molar-refractivity contribution in [2.24, 2.45) is 0 Å². The molecule has 0 saturated heterocycles. The van der Waals surface area contributed by atoms with Gasteiger partial charge in [-0.3, -0.25) is 4.79 Å². The van der Waals surface area contributed by atoms with Gasteiger partial charge in [-0.15, -0.1) is 0 Å². The predicted molar refractivity (Wildman–Crippen MR) is 112 cm³/mol. The van der Waals surface area contributed by atoms with Gasteiger partial charge < -0.3 is 15.4 Å². The lowest BCUT2D eigenvalue weighted by molar-refractivity contribution is 0.103. The van der Waals surface area contributed by atoms with Crippen molar-refractivity contribution in [1.29, 1.82) is 0 Å². The Labute approximate surface area is 163 Å². The lowest BCUT2D eigenvalue weighted by Crippen LogP contribution is -2.11. The number of nitrogens with one attached hydrogen (secondary N) is 2. The number of carbonyl (C=O) groups is 1. The zero-order valence-corrected chi connectivity index (χ0v) is 16.5. The average Bonchev–Trinajstić information content (AvgIpc) is 3.04. The van der Waals surface area contributed by atoms with Crippen molar-refractivity contribution in [1.82, 2.24) is 4.98 Å². The van der Waals surface area contributed by atoms with Crippen LogP contribution in [0.3, 0.4) is 0 Å². The highest BCUT2D eigenvalue weighted by Gasteiger charge is 2.16. The first-order chi connectivity index (χ1) is 13.1. The SMILES string of the molecule is CCOc1ccc(NC(=O)c2sc(Nc3ccccc3CC)nc2C)cc1. The summed E-state index contributed by atoms with van der Waals surface area (Å²) in [5, 5.41) is 6.97. The molecule has 0 aliphatic rings. The minimum absolute atomic E-state index is 0.161. The number of aryl methyl sites for hydroxylation is 2. The second-order valence-corrected chi connectivity index (χ2v) is 6.98. The van der Waals surface area contributed by atoms with Gasteiger partial charge >= 0.3 is 0 Å². The number of amides is 1. The van der Waals surface area contributed by atoms with E-state index in [0.29, 0.717) is 22.3 Å². The molecule has 0 unspecified atom stereocenters. The van der Waals surface area contributed by atoms with Gasteiger partial charge in [0.25, 0.3) is 5.91 Å². The molecular formula is C21H23N3O2S. The van der Waals surface area contributed by atoms with Crippen LogP contribution < -0.4 is 15.4 Å². The molecule has 140 valence electrons. The summed E-state index contributed by atoms with van der Waals surface area (Å²) in [5.74, 6) is 0.622. The van der Waals surface area contributed by atoms with Gasteiger partial charge in [-0.05, 0) is 56.2 Å². The Kier molecular flexibility index (Phi) is 6.08. The van der Waals surface area contributed by atoms with E-state index in [2.05, 4.69) is 28.6 Å². The highest BCUT2D eigenvalue weighted by molar-refractivity contribution is 7.17. The number of thiazole rings is 1. The van der Waals surface area contributed by atoms with E-state index in [9.17, 15) is 4.79 Å². The van der Waals surface area contributed by atoms with Crippen LogP contribution in [0, 0.1) is 6.92 Å². The van der Waals surface area contributed by atoms with Crippen molar-refractivity contribution < 1.29 is 9.53 Å². The first-order valence-electron chi connectivity index (χ1n) is 8.97. The van der Waals surface area contributed by atoms with E-state index in [1.54, 1.807) is 0 Å². The summed E-state index contributed by atoms with van der Waals surface area (Å²) in [7, 11) is 0. The maximum atomic E-state index is 12.6. The zero-order valence-electron chi connectivity index (χ0n) is 15.7. The number of aromatic nitrogens is 1. The number of hydrogen-bond acceptors (Lipinski definition) is 5. The molecule has 1 aromatic heterocycles. The number of carbonyl (C=O) groups excluding carboxylic acids is 1. The van der Waals surface area contributed by atoms with Crippen LogP contribution in [-0.4, -0.2) is 17.5 Å². The number of benzene rings is 2. The summed E-state index contributed by atoms with van der Waals surface area (Å²) in [4.78, 5) is 17.7. The minimum atomic E-state index is -0.161. The Bertz CT molecular complexity index is 919. The van der Waals surface area contributed by atoms with E-state index < -0.39 is 0 Å². The maximum absolute atomic E-state index is 12.6. The van der Waals surface area contributed by atoms with Gasteiger partial charge in [0.05, 0.1) is 12.3 Å². The quantitative estimate of drug-likeness (QED) is 0.574. The topological polar surface area (TPSA) is 63.2 Å². The first kappa shape index (κ1) is 18.9. The maximum Gasteiger partial charge on any atom is 0.267 e. The normalized spacial score (nSPS) is 10.5. The Balaban J connectivity index is 1.72. The number of anilines is 3. The van der Waals surface area contributed by atoms with Crippen molar-refractivity contribution in [3.8, 4) is 5.75 Å². The largest absolute Gasteiger partial charge is 0.494 e. The van der Waals surface area contributed by atoms with E-state index >= 15 is 0 Å². The molecule has 3 aromatic rings. The second kappa shape index (κ2) is 8.68. The molecule has 0 fully saturated rings. The van der Waals surface area contributed by atoms with Crippen molar-refractivity contribution in [2.45, 2.75) is 27.2 Å². The van der Waals surface area contributed by atoms with Crippen molar-refractivity contribution >= 4 is 33.8 Å². The molecule has 0 aliphatic carbocycles. The standard InChI is InChI=1S/C21H23N3O2S/c1-4-15-8-6-7-9-18(15)24-21-22-14(3)19(27-21)20(25)23-16-10-12-17(13-11-16)26-5-2/h6-13H,4-5H2,1-3H3,(H,22,24)(H,23,25). The Morgan fingerprint density at radius 1 is 1.11 bits per heavy atom. The number of ether oxygens (including phenoxy) is 1. The monoisotopic (exact) mass is 381 g/mol. The molecule has 2 aromatic carbocycles. The van der Waals surface area contributed by atoms with Crippen molar-refractivity contribution in [3.63, 3.8) is 0 Å². The molecule has 3 rings (SSSR count). The molecular weight excluding hydrogens is 358 g/mol. The van der Waals surface area contributed by atoms with Gasteiger partial charge in [-0.1, -0.05) is 36.5 Å². The van der Waals surface area contributed by atoms with Gasteiger partial charge in [-0.25, -0.2) is 4.98 Å². The van der Waals surface area contributed by atoms with Crippen LogP contribution in [0.25, 0.3) is 0 Å². The number of para-hydroxylation sites is 1. The Morgan fingerprint density at radius 2 is 1.85 bits per heavy atom. The molecule has 0 saturated carbocycles. The predicted octanol–water partition coefficient (Wildman–Crippen LogP) is 5.41. The lowest BCUT2D eigenvalue weighted by Gasteiger charge is -2.07. The Morgan fingerprint density at radius 3 is 2.56 bits per heavy atom. The summed E-state index contributed by atoms with van der Waals surface area (Å²) >= 11 is 1.35. The number of nitrogens with zero attached hydrogens (tertiary/aromatic N) is 1. The summed E-state index contributed by atoms with van der Waals surface area (Å²) in [6, 6.07) is 15.5. The molecule has 6 heteroatoms. The highest BCUT2D eigenvalue weighted by Crippen LogP contribution is 2.28. The molecule has 1 heterocycles. The first-order valence-corrected chi connectivity index (χ1v) is 9.79. The molecule has 2 N–H and O–H groups in total. The summed E-state index contributed by atoms with van der Waals surface area (Å²) in [6.45, 7) is 6.51. The highest BCUT2D eigenvalue weighted by atomic mass is 32.1. The molecule has 0 aliphatic heterocycles. The molecule has 0 spiro atoms. The van der Waals surface area contributed by atoms with Crippen molar-refractivity contribution in [2.75, 3.05) is 17.2 Å². The summed E-state index contributed by atoms with van der Waals surface area (Å²) in [5.41, 5.74) is 3.67. The van der Waals surface area contributed by atoms with Gasteiger partial charge in [0, 0.05) is 11.4 Å². The van der Waals surface area contributed by atoms with Crippen LogP contribution in [0.4, 0.5) is 16.5 Å². The fourth-order valence-corrected chi connectivity index (χ4v) is 3.59. The molecule has 5 nitrogen and oxygen atoms in total. The molecule has 0 radical (unpaired) electrons. The zero-order chi connectivity index (χ0) is 19.2.